The van der Waals surface area contributed by atoms with Gasteiger partial charge in [-0.3, -0.25) is 9.36 Å². The number of hydrogen-bond acceptors (Lipinski definition) is 1. The maximum atomic E-state index is 12.0. The molecule has 0 atom stereocenters. The summed E-state index contributed by atoms with van der Waals surface area (Å²) < 4.78 is 2.72. The fraction of sp³-hybridized carbons (Fsp3) is 0.0625. The zero-order chi connectivity index (χ0) is 13.4. The van der Waals surface area contributed by atoms with Crippen LogP contribution in [0.1, 0.15) is 11.7 Å². The van der Waals surface area contributed by atoms with E-state index in [1.54, 1.807) is 11.5 Å². The Morgan fingerprint density at radius 1 is 1.00 bits per heavy atom. The summed E-state index contributed by atoms with van der Waals surface area (Å²) in [7, 11) is 0. The quantitative estimate of drug-likeness (QED) is 0.636. The van der Waals surface area contributed by atoms with E-state index >= 15 is 0 Å². The minimum atomic E-state index is 0.0146. The van der Waals surface area contributed by atoms with Crippen LogP contribution in [-0.2, 0) is 0 Å². The Morgan fingerprint density at radius 3 is 2.32 bits per heavy atom. The van der Waals surface area contributed by atoms with Crippen LogP contribution in [0.5, 0.6) is 0 Å². The third-order valence-corrected chi connectivity index (χ3v) is 3.98. The number of para-hydroxylation sites is 1. The molecule has 3 aromatic rings. The molecule has 0 aliphatic heterocycles. The van der Waals surface area contributed by atoms with Crippen molar-refractivity contribution in [2.75, 3.05) is 0 Å². The van der Waals surface area contributed by atoms with Gasteiger partial charge in [0.25, 0.3) is 0 Å². The van der Waals surface area contributed by atoms with E-state index in [1.807, 2.05) is 54.6 Å². The molecule has 0 unspecified atom stereocenters. The van der Waals surface area contributed by atoms with Crippen molar-refractivity contribution in [3.05, 3.63) is 59.1 Å². The first-order valence-corrected chi connectivity index (χ1v) is 6.84. The van der Waals surface area contributed by atoms with Crippen LogP contribution in [0.15, 0.2) is 59.1 Å². The molecule has 0 saturated carbocycles. The van der Waals surface area contributed by atoms with Gasteiger partial charge in [-0.1, -0.05) is 48.5 Å². The molecule has 1 heterocycles. The molecule has 3 heteroatoms. The molecule has 0 bridgehead atoms. The van der Waals surface area contributed by atoms with Crippen LogP contribution in [0.4, 0.5) is 0 Å². The number of halogens is 1. The zero-order valence-corrected chi connectivity index (χ0v) is 12.0. The van der Waals surface area contributed by atoms with Gasteiger partial charge in [0, 0.05) is 12.3 Å². The van der Waals surface area contributed by atoms with Gasteiger partial charge in [-0.05, 0) is 27.6 Å². The Morgan fingerprint density at radius 2 is 1.63 bits per heavy atom. The molecule has 2 nitrogen and oxygen atoms in total. The Hall–Kier alpha value is -1.87. The minimum absolute atomic E-state index is 0.0146. The van der Waals surface area contributed by atoms with Gasteiger partial charge in [0.2, 0.25) is 5.91 Å². The monoisotopic (exact) mass is 313 g/mol. The van der Waals surface area contributed by atoms with Gasteiger partial charge >= 0.3 is 0 Å². The van der Waals surface area contributed by atoms with Gasteiger partial charge < -0.3 is 0 Å². The molecule has 0 amide bonds. The first kappa shape index (κ1) is 12.2. The number of nitrogens with zero attached hydrogens (tertiary/aromatic N) is 1. The third-order valence-electron chi connectivity index (χ3n) is 3.18. The van der Waals surface area contributed by atoms with Gasteiger partial charge in [0.05, 0.1) is 15.7 Å². The number of rotatable bonds is 1. The minimum Gasteiger partial charge on any atom is -0.279 e. The van der Waals surface area contributed by atoms with Crippen molar-refractivity contribution in [3.8, 4) is 11.3 Å². The van der Waals surface area contributed by atoms with E-state index in [4.69, 9.17) is 0 Å². The molecule has 0 fully saturated rings. The van der Waals surface area contributed by atoms with Gasteiger partial charge in [0.15, 0.2) is 0 Å². The summed E-state index contributed by atoms with van der Waals surface area (Å²) in [6.45, 7) is 1.59. The second-order valence-corrected chi connectivity index (χ2v) is 5.19. The molecular formula is C16H12BrNO. The molecule has 3 rings (SSSR count). The summed E-state index contributed by atoms with van der Waals surface area (Å²) in [4.78, 5) is 12.0. The van der Waals surface area contributed by atoms with E-state index in [2.05, 4.69) is 15.9 Å². The fourth-order valence-corrected chi connectivity index (χ4v) is 3.12. The molecule has 2 aromatic carbocycles. The van der Waals surface area contributed by atoms with E-state index in [9.17, 15) is 4.79 Å². The van der Waals surface area contributed by atoms with Crippen LogP contribution in [-0.4, -0.2) is 10.5 Å². The topological polar surface area (TPSA) is 22.0 Å². The van der Waals surface area contributed by atoms with E-state index in [0.717, 1.165) is 26.6 Å². The smallest absolute Gasteiger partial charge is 0.228 e. The molecule has 0 radical (unpaired) electrons. The Labute approximate surface area is 119 Å². The van der Waals surface area contributed by atoms with Crippen molar-refractivity contribution in [3.63, 3.8) is 0 Å². The van der Waals surface area contributed by atoms with Crippen molar-refractivity contribution in [1.29, 1.82) is 0 Å². The highest BCUT2D eigenvalue weighted by molar-refractivity contribution is 9.10. The lowest BCUT2D eigenvalue weighted by atomic mass is 10.1. The maximum Gasteiger partial charge on any atom is 0.228 e. The van der Waals surface area contributed by atoms with E-state index in [-0.39, 0.29) is 5.91 Å². The van der Waals surface area contributed by atoms with Crippen molar-refractivity contribution in [2.45, 2.75) is 6.92 Å². The predicted octanol–water partition coefficient (Wildman–Crippen LogP) is 4.73. The van der Waals surface area contributed by atoms with Gasteiger partial charge in [-0.25, -0.2) is 0 Å². The highest BCUT2D eigenvalue weighted by atomic mass is 79.9. The van der Waals surface area contributed by atoms with Gasteiger partial charge in [0.1, 0.15) is 0 Å². The average Bonchev–Trinajstić information content (AvgIpc) is 2.74. The van der Waals surface area contributed by atoms with Crippen LogP contribution in [0, 0.1) is 0 Å². The summed E-state index contributed by atoms with van der Waals surface area (Å²) in [5.41, 5.74) is 2.87. The second kappa shape index (κ2) is 4.67. The molecule has 0 saturated heterocycles. The van der Waals surface area contributed by atoms with E-state index < -0.39 is 0 Å². The summed E-state index contributed by atoms with van der Waals surface area (Å²) in [6, 6.07) is 17.9. The highest BCUT2D eigenvalue weighted by Crippen LogP contribution is 2.37. The Balaban J connectivity index is 2.44. The molecule has 0 spiro atoms. The third kappa shape index (κ3) is 1.90. The average molecular weight is 314 g/mol. The van der Waals surface area contributed by atoms with Gasteiger partial charge in [-0.15, -0.1) is 0 Å². The largest absolute Gasteiger partial charge is 0.279 e. The molecule has 0 N–H and O–H groups in total. The van der Waals surface area contributed by atoms with Gasteiger partial charge in [-0.2, -0.15) is 0 Å². The van der Waals surface area contributed by atoms with Crippen molar-refractivity contribution >= 4 is 32.7 Å². The molecule has 0 aliphatic carbocycles. The lowest BCUT2D eigenvalue weighted by molar-refractivity contribution is 0.0943. The summed E-state index contributed by atoms with van der Waals surface area (Å²) in [6.07, 6.45) is 0. The lowest BCUT2D eigenvalue weighted by Gasteiger charge is -2.07. The van der Waals surface area contributed by atoms with Crippen LogP contribution >= 0.6 is 15.9 Å². The van der Waals surface area contributed by atoms with E-state index in [1.165, 1.54) is 0 Å². The molecular weight excluding hydrogens is 302 g/mol. The van der Waals surface area contributed by atoms with Crippen molar-refractivity contribution in [2.24, 2.45) is 0 Å². The Kier molecular flexibility index (Phi) is 2.99. The van der Waals surface area contributed by atoms with Crippen molar-refractivity contribution < 1.29 is 4.79 Å². The van der Waals surface area contributed by atoms with Crippen LogP contribution in [0.25, 0.3) is 22.2 Å². The normalized spacial score (nSPS) is 10.8. The Bertz CT molecular complexity index is 759. The lowest BCUT2D eigenvalue weighted by Crippen LogP contribution is -2.06. The van der Waals surface area contributed by atoms with E-state index in [0.29, 0.717) is 0 Å². The SMILES string of the molecule is CC(=O)n1c(-c2ccccc2)c(Br)c2ccccc21. The first-order chi connectivity index (χ1) is 9.20. The van der Waals surface area contributed by atoms with Crippen LogP contribution < -0.4 is 0 Å². The van der Waals surface area contributed by atoms with Crippen LogP contribution in [0.2, 0.25) is 0 Å². The maximum absolute atomic E-state index is 12.0. The highest BCUT2D eigenvalue weighted by Gasteiger charge is 2.18. The molecule has 94 valence electrons. The number of fused-ring (bicyclic) bond motifs is 1. The molecule has 19 heavy (non-hydrogen) atoms. The summed E-state index contributed by atoms with van der Waals surface area (Å²) in [5, 5.41) is 1.05. The predicted molar refractivity (Wildman–Crippen MR) is 81.4 cm³/mol. The summed E-state index contributed by atoms with van der Waals surface area (Å²) in [5.74, 6) is 0.0146. The number of carbonyl (C=O) groups is 1. The standard InChI is InChI=1S/C16H12BrNO/c1-11(19)18-14-10-6-5-9-13(14)15(17)16(18)12-7-3-2-4-8-12/h2-10H,1H3. The zero-order valence-electron chi connectivity index (χ0n) is 10.4. The fourth-order valence-electron chi connectivity index (χ4n) is 2.38. The number of carbonyl (C=O) groups excluding carboxylic acids is 1. The number of hydrogen-bond donors (Lipinski definition) is 0. The van der Waals surface area contributed by atoms with Crippen molar-refractivity contribution in [1.82, 2.24) is 4.57 Å². The summed E-state index contributed by atoms with van der Waals surface area (Å²) >= 11 is 3.63. The molecule has 0 aliphatic rings. The number of aromatic nitrogens is 1. The second-order valence-electron chi connectivity index (χ2n) is 4.40. The first-order valence-electron chi connectivity index (χ1n) is 6.05. The molecule has 1 aromatic heterocycles. The van der Waals surface area contributed by atoms with Crippen LogP contribution in [0.3, 0.4) is 0 Å². The number of benzene rings is 2.